The van der Waals surface area contributed by atoms with E-state index < -0.39 is 43.0 Å². The second-order valence-corrected chi connectivity index (χ2v) is 37.7. The molecular weight excluding hydrogens is 1460 g/mol. The van der Waals surface area contributed by atoms with Crippen LogP contribution in [0.4, 0.5) is 34.1 Å². The Balaban J connectivity index is 0.919. The quantitative estimate of drug-likeness (QED) is 0.134. The average molecular weight is 1560 g/mol. The summed E-state index contributed by atoms with van der Waals surface area (Å²) in [6.45, 7) is 26.9. The maximum Gasteiger partial charge on any atom is 0.252 e. The minimum Gasteiger partial charge on any atom is -0.311 e. The van der Waals surface area contributed by atoms with Gasteiger partial charge in [-0.3, -0.25) is 0 Å². The first-order valence-corrected chi connectivity index (χ1v) is 42.3. The van der Waals surface area contributed by atoms with Crippen LogP contribution < -0.4 is 26.2 Å². The normalized spacial score (nSPS) is 14.1. The molecule has 0 aliphatic carbocycles. The molecule has 5 nitrogen and oxygen atoms in total. The Morgan fingerprint density at radius 2 is 0.647 bits per heavy atom. The van der Waals surface area contributed by atoms with E-state index in [1.54, 1.807) is 4.57 Å². The van der Waals surface area contributed by atoms with Crippen LogP contribution in [0.5, 0.6) is 0 Å². The fourth-order valence-electron chi connectivity index (χ4n) is 19.1. The van der Waals surface area contributed by atoms with Gasteiger partial charge in [-0.05, 0) is 221 Å². The fraction of sp³-hybridized carbons (Fsp3) is 0.143. The van der Waals surface area contributed by atoms with Crippen LogP contribution in [0.25, 0.3) is 147 Å². The van der Waals surface area contributed by atoms with E-state index in [1.165, 1.54) is 37.7 Å². The molecule has 0 fully saturated rings. The summed E-state index contributed by atoms with van der Waals surface area (Å²) in [5, 5.41) is 6.93. The summed E-state index contributed by atoms with van der Waals surface area (Å²) in [5.41, 5.74) is 27.9. The number of thiophene rings is 1. The molecule has 16 aromatic carbocycles. The Bertz CT molecular complexity index is 7890. The minimum absolute atomic E-state index is 0.00673. The number of para-hydroxylation sites is 2. The van der Waals surface area contributed by atoms with Gasteiger partial charge in [0, 0.05) is 87.5 Å². The van der Waals surface area contributed by atoms with Gasteiger partial charge in [-0.15, -0.1) is 11.3 Å². The van der Waals surface area contributed by atoms with Gasteiger partial charge >= 0.3 is 0 Å². The molecule has 0 unspecified atom stereocenters. The first kappa shape index (κ1) is 64.0. The maximum atomic E-state index is 9.97. The molecule has 2 aliphatic rings. The second-order valence-electron chi connectivity index (χ2n) is 36.7. The van der Waals surface area contributed by atoms with Gasteiger partial charge in [0.25, 0.3) is 6.71 Å². The highest BCUT2D eigenvalue weighted by molar-refractivity contribution is 7.27. The van der Waals surface area contributed by atoms with Gasteiger partial charge < -0.3 is 23.5 Å². The Labute approximate surface area is 712 Å². The van der Waals surface area contributed by atoms with E-state index >= 15 is 0 Å². The Hall–Kier alpha value is -13.2. The van der Waals surface area contributed by atoms with Crippen molar-refractivity contribution in [2.75, 3.05) is 9.80 Å². The zero-order chi connectivity index (χ0) is 87.8. The molecule has 20 aromatic rings. The van der Waals surface area contributed by atoms with Crippen LogP contribution in [-0.2, 0) is 21.7 Å². The van der Waals surface area contributed by atoms with E-state index in [2.05, 4.69) is 381 Å². The molecule has 4 aromatic heterocycles. The van der Waals surface area contributed by atoms with Crippen molar-refractivity contribution >= 4 is 154 Å². The van der Waals surface area contributed by atoms with Crippen molar-refractivity contribution in [3.05, 3.63) is 362 Å². The third kappa shape index (κ3) is 11.5. The predicted octanol–water partition coefficient (Wildman–Crippen LogP) is 29.3. The largest absolute Gasteiger partial charge is 0.311 e. The Morgan fingerprint density at radius 1 is 0.252 bits per heavy atom. The molecule has 2 aliphatic heterocycles. The standard InChI is InChI=1S/C112H92BN5S/c1-109(2,3)75-46-55-97-88(61-75)89-62-76(110(4,5)6)47-56-98(89)115(97)80-51-53-93-103(66-80)118(101-44-28-41-86-85-40-27-39-82(107(85)119-108(86)101)74-36-26-35-72(59-74)69-29-16-13-17-30-69)105-68-81(116-99-57-48-77(111(7,8)9)63-90(99)91-64-78(112(10,11)12)49-58-100(91)116)67-104-106(105)113(93)92-52-50-79(114-94-42-24-22-37-83(94)84-38-23-25-43-95(84)114)65-102(92)117(104)96-54-45-73(70-31-18-14-19-32-70)60-87(96)71-33-20-15-21-34-71/h13-68H,1-12H3/i22D,23D,24D,25D,37D,38D,42D,43D. The van der Waals surface area contributed by atoms with Crippen LogP contribution in [0.1, 0.15) is 116 Å². The second kappa shape index (κ2) is 26.7. The summed E-state index contributed by atoms with van der Waals surface area (Å²) in [5.74, 6) is 0. The lowest BCUT2D eigenvalue weighted by atomic mass is 9.33. The van der Waals surface area contributed by atoms with Crippen LogP contribution in [0.2, 0.25) is 0 Å². The number of rotatable bonds is 9. The van der Waals surface area contributed by atoms with Crippen molar-refractivity contribution < 1.29 is 11.0 Å². The van der Waals surface area contributed by atoms with E-state index in [0.29, 0.717) is 5.69 Å². The van der Waals surface area contributed by atoms with E-state index in [4.69, 9.17) is 0 Å². The third-order valence-corrected chi connectivity index (χ3v) is 26.6. The van der Waals surface area contributed by atoms with Crippen molar-refractivity contribution in [3.63, 3.8) is 0 Å². The first-order chi connectivity index (χ1) is 60.9. The van der Waals surface area contributed by atoms with Crippen molar-refractivity contribution in [1.82, 2.24) is 13.7 Å². The van der Waals surface area contributed by atoms with Gasteiger partial charge in [-0.1, -0.05) is 301 Å². The van der Waals surface area contributed by atoms with Gasteiger partial charge in [0.1, 0.15) is 0 Å². The summed E-state index contributed by atoms with van der Waals surface area (Å²) in [6.07, 6.45) is 0. The number of hydrogen-bond acceptors (Lipinski definition) is 3. The zero-order valence-corrected chi connectivity index (χ0v) is 69.8. The summed E-state index contributed by atoms with van der Waals surface area (Å²) in [7, 11) is 0. The monoisotopic (exact) mass is 1560 g/mol. The SMILES string of the molecule is [2H]c1c([2H])c([2H])c2c(c1[2H])c1c([2H])c([2H])c([2H])c([2H])c1n2-c1ccc2c(c1)N(c1ccc(-c3ccccc3)cc1-c1ccccc1)c1cc(-n3c4ccc(C(C)(C)C)cc4c4cc(C(C)(C)C)ccc43)cc3c1B2c1ccc(-n2c4ccc(C(C)(C)C)cc4c4cc(C(C)(C)C)ccc42)cc1N3c1cccc2c1sc1c(-c3cccc(-c4ccccc4)c3)cccc12. The number of anilines is 6. The van der Waals surface area contributed by atoms with Gasteiger partial charge in [0.2, 0.25) is 0 Å². The molecule has 22 rings (SSSR count). The predicted molar refractivity (Wildman–Crippen MR) is 513 cm³/mol. The maximum absolute atomic E-state index is 9.97. The van der Waals surface area contributed by atoms with E-state index in [1.807, 2.05) is 23.5 Å². The molecule has 574 valence electrons. The number of hydrogen-bond donors (Lipinski definition) is 0. The van der Waals surface area contributed by atoms with Crippen LogP contribution in [0.3, 0.4) is 0 Å². The van der Waals surface area contributed by atoms with E-state index in [9.17, 15) is 11.0 Å². The molecule has 119 heavy (non-hydrogen) atoms. The lowest BCUT2D eigenvalue weighted by molar-refractivity contribution is 0.590. The highest BCUT2D eigenvalue weighted by Crippen LogP contribution is 2.54. The summed E-state index contributed by atoms with van der Waals surface area (Å²) >= 11 is 1.84. The molecular formula is C112H92BN5S. The molecule has 0 bridgehead atoms. The molecule has 0 spiro atoms. The Kier molecular flexibility index (Phi) is 14.3. The van der Waals surface area contributed by atoms with Crippen LogP contribution >= 0.6 is 11.3 Å². The highest BCUT2D eigenvalue weighted by atomic mass is 32.1. The van der Waals surface area contributed by atoms with Crippen LogP contribution in [0.15, 0.2) is 340 Å². The zero-order valence-electron chi connectivity index (χ0n) is 76.9. The number of aromatic nitrogens is 3. The first-order valence-electron chi connectivity index (χ1n) is 45.5. The smallest absolute Gasteiger partial charge is 0.252 e. The summed E-state index contributed by atoms with van der Waals surface area (Å²) in [6, 6.07) is 104. The lowest BCUT2D eigenvalue weighted by Gasteiger charge is -2.45. The molecule has 0 saturated heterocycles. The van der Waals surface area contributed by atoms with E-state index in [0.717, 1.165) is 155 Å². The Morgan fingerprint density at radius 3 is 1.13 bits per heavy atom. The summed E-state index contributed by atoms with van der Waals surface area (Å²) < 4.78 is 85.4. The molecule has 0 N–H and O–H groups in total. The molecule has 0 amide bonds. The highest BCUT2D eigenvalue weighted by Gasteiger charge is 2.46. The molecule has 0 saturated carbocycles. The number of fused-ring (bicyclic) bond motifs is 16. The fourth-order valence-corrected chi connectivity index (χ4v) is 20.5. The van der Waals surface area contributed by atoms with Crippen molar-refractivity contribution in [1.29, 1.82) is 0 Å². The molecule has 0 radical (unpaired) electrons. The molecule has 6 heterocycles. The van der Waals surface area contributed by atoms with Crippen molar-refractivity contribution in [2.45, 2.75) is 105 Å². The molecule has 7 heteroatoms. The lowest BCUT2D eigenvalue weighted by Crippen LogP contribution is -2.61. The van der Waals surface area contributed by atoms with Crippen LogP contribution in [-0.4, -0.2) is 20.4 Å². The number of benzene rings is 16. The van der Waals surface area contributed by atoms with Gasteiger partial charge in [-0.2, -0.15) is 0 Å². The summed E-state index contributed by atoms with van der Waals surface area (Å²) in [4.78, 5) is 5.03. The topological polar surface area (TPSA) is 21.3 Å². The average Bonchev–Trinajstić information content (AvgIpc) is 1.62. The third-order valence-electron chi connectivity index (χ3n) is 25.3. The number of nitrogens with zero attached hydrogens (tertiary/aromatic N) is 5. The minimum atomic E-state index is -0.537. The van der Waals surface area contributed by atoms with Gasteiger partial charge in [0.15, 0.2) is 0 Å². The van der Waals surface area contributed by atoms with Crippen molar-refractivity contribution in [2.24, 2.45) is 0 Å². The van der Waals surface area contributed by atoms with Gasteiger partial charge in [-0.25, -0.2) is 0 Å². The van der Waals surface area contributed by atoms with Crippen LogP contribution in [0, 0.1) is 0 Å². The van der Waals surface area contributed by atoms with Crippen molar-refractivity contribution in [3.8, 4) is 61.6 Å². The van der Waals surface area contributed by atoms with E-state index in [-0.39, 0.29) is 55.6 Å². The molecule has 0 atom stereocenters. The van der Waals surface area contributed by atoms with Gasteiger partial charge in [0.05, 0.1) is 65.8 Å².